The number of nitrogens with zero attached hydrogens (tertiary/aromatic N) is 1. The maximum Gasteiger partial charge on any atom is 0.224 e. The minimum absolute atomic E-state index is 0.00799. The largest absolute Gasteiger partial charge is 0.440 e. The quantitative estimate of drug-likeness (QED) is 0.654. The Hall–Kier alpha value is -2.66. The van der Waals surface area contributed by atoms with Crippen LogP contribution in [0.15, 0.2) is 52.9 Å². The highest BCUT2D eigenvalue weighted by Crippen LogP contribution is 2.21. The molecule has 5 nitrogen and oxygen atoms in total. The van der Waals surface area contributed by atoms with Crippen LogP contribution in [0.2, 0.25) is 0 Å². The van der Waals surface area contributed by atoms with E-state index in [2.05, 4.69) is 15.6 Å². The zero-order chi connectivity index (χ0) is 16.8. The Kier molecular flexibility index (Phi) is 5.23. The smallest absolute Gasteiger partial charge is 0.224 e. The van der Waals surface area contributed by atoms with Gasteiger partial charge in [-0.3, -0.25) is 4.79 Å². The van der Waals surface area contributed by atoms with Crippen molar-refractivity contribution in [2.24, 2.45) is 0 Å². The number of oxazole rings is 1. The number of benzene rings is 2. The first-order valence-electron chi connectivity index (χ1n) is 8.12. The Labute approximate surface area is 141 Å². The number of amides is 1. The molecular weight excluding hydrogens is 302 g/mol. The summed E-state index contributed by atoms with van der Waals surface area (Å²) in [6.07, 6.45) is 1.96. The van der Waals surface area contributed by atoms with E-state index < -0.39 is 0 Å². The normalized spacial score (nSPS) is 10.9. The van der Waals surface area contributed by atoms with Crippen molar-refractivity contribution in [2.45, 2.75) is 19.3 Å². The minimum Gasteiger partial charge on any atom is -0.440 e. The van der Waals surface area contributed by atoms with Gasteiger partial charge in [0.05, 0.1) is 0 Å². The third-order valence-electron chi connectivity index (χ3n) is 3.75. The lowest BCUT2D eigenvalue weighted by Crippen LogP contribution is -2.15. The molecule has 1 amide bonds. The molecule has 0 aliphatic carbocycles. The second-order valence-electron chi connectivity index (χ2n) is 5.71. The van der Waals surface area contributed by atoms with Gasteiger partial charge in [-0.05, 0) is 37.7 Å². The van der Waals surface area contributed by atoms with Crippen molar-refractivity contribution in [2.75, 3.05) is 18.9 Å². The van der Waals surface area contributed by atoms with Crippen LogP contribution in [0, 0.1) is 0 Å². The zero-order valence-electron chi connectivity index (χ0n) is 13.7. The second kappa shape index (κ2) is 7.75. The predicted octanol–water partition coefficient (Wildman–Crippen LogP) is 3.36. The van der Waals surface area contributed by atoms with Crippen LogP contribution in [-0.2, 0) is 11.2 Å². The summed E-state index contributed by atoms with van der Waals surface area (Å²) in [5.74, 6) is 0.683. The molecule has 1 heterocycles. The second-order valence-corrected chi connectivity index (χ2v) is 5.71. The molecule has 0 bridgehead atoms. The molecule has 0 spiro atoms. The van der Waals surface area contributed by atoms with E-state index in [-0.39, 0.29) is 5.91 Å². The van der Waals surface area contributed by atoms with E-state index in [0.717, 1.165) is 29.7 Å². The van der Waals surface area contributed by atoms with Crippen molar-refractivity contribution in [1.82, 2.24) is 10.3 Å². The Morgan fingerprint density at radius 1 is 1.17 bits per heavy atom. The molecule has 3 rings (SSSR count). The number of carbonyl (C=O) groups is 1. The molecule has 5 heteroatoms. The van der Waals surface area contributed by atoms with Crippen LogP contribution >= 0.6 is 0 Å². The van der Waals surface area contributed by atoms with Gasteiger partial charge in [0.1, 0.15) is 5.52 Å². The Morgan fingerprint density at radius 3 is 2.79 bits per heavy atom. The third kappa shape index (κ3) is 4.20. The standard InChI is InChI=1S/C19H21N3O2/c1-20-11-5-8-18(23)21-15-9-10-16-17(13-15)24-19(22-16)12-14-6-3-2-4-7-14/h2-4,6-7,9-10,13,20H,5,8,11-12H2,1H3,(H,21,23). The number of hydrogen-bond acceptors (Lipinski definition) is 4. The highest BCUT2D eigenvalue weighted by atomic mass is 16.3. The summed E-state index contributed by atoms with van der Waals surface area (Å²) in [5, 5.41) is 5.93. The van der Waals surface area contributed by atoms with Gasteiger partial charge in [-0.25, -0.2) is 4.98 Å². The van der Waals surface area contributed by atoms with Gasteiger partial charge in [-0.2, -0.15) is 0 Å². The maximum absolute atomic E-state index is 11.9. The average molecular weight is 323 g/mol. The minimum atomic E-state index is 0.00799. The summed E-state index contributed by atoms with van der Waals surface area (Å²) in [6.45, 7) is 0.831. The molecule has 1 aromatic heterocycles. The van der Waals surface area contributed by atoms with Crippen LogP contribution in [0.5, 0.6) is 0 Å². The molecule has 124 valence electrons. The van der Waals surface area contributed by atoms with E-state index in [1.54, 1.807) is 0 Å². The number of hydrogen-bond donors (Lipinski definition) is 2. The molecule has 24 heavy (non-hydrogen) atoms. The summed E-state index contributed by atoms with van der Waals surface area (Å²) < 4.78 is 5.82. The zero-order valence-corrected chi connectivity index (χ0v) is 13.7. The molecule has 0 aliphatic rings. The summed E-state index contributed by atoms with van der Waals surface area (Å²) in [5.41, 5.74) is 3.38. The summed E-state index contributed by atoms with van der Waals surface area (Å²) in [4.78, 5) is 16.4. The number of rotatable bonds is 7. The molecule has 0 saturated heterocycles. The summed E-state index contributed by atoms with van der Waals surface area (Å²) in [7, 11) is 1.88. The van der Waals surface area contributed by atoms with Gasteiger partial charge in [-0.1, -0.05) is 30.3 Å². The first-order valence-corrected chi connectivity index (χ1v) is 8.12. The lowest BCUT2D eigenvalue weighted by atomic mass is 10.1. The molecule has 2 N–H and O–H groups in total. The van der Waals surface area contributed by atoms with Crippen LogP contribution in [0.25, 0.3) is 11.1 Å². The van der Waals surface area contributed by atoms with Gasteiger partial charge in [0, 0.05) is 24.6 Å². The number of fused-ring (bicyclic) bond motifs is 1. The monoisotopic (exact) mass is 323 g/mol. The fourth-order valence-corrected chi connectivity index (χ4v) is 2.55. The molecule has 0 saturated carbocycles. The van der Waals surface area contributed by atoms with Crippen LogP contribution in [0.3, 0.4) is 0 Å². The highest BCUT2D eigenvalue weighted by Gasteiger charge is 2.09. The van der Waals surface area contributed by atoms with Crippen molar-refractivity contribution in [1.29, 1.82) is 0 Å². The van der Waals surface area contributed by atoms with Crippen LogP contribution < -0.4 is 10.6 Å². The van der Waals surface area contributed by atoms with Crippen molar-refractivity contribution < 1.29 is 9.21 Å². The fourth-order valence-electron chi connectivity index (χ4n) is 2.55. The van der Waals surface area contributed by atoms with Crippen molar-refractivity contribution in [3.8, 4) is 0 Å². The van der Waals surface area contributed by atoms with Crippen LogP contribution in [0.4, 0.5) is 5.69 Å². The van der Waals surface area contributed by atoms with Gasteiger partial charge < -0.3 is 15.1 Å². The molecule has 0 unspecified atom stereocenters. The molecule has 0 radical (unpaired) electrons. The first-order chi connectivity index (χ1) is 11.7. The topological polar surface area (TPSA) is 67.2 Å². The molecule has 2 aromatic carbocycles. The number of carbonyl (C=O) groups excluding carboxylic acids is 1. The number of aromatic nitrogens is 1. The van der Waals surface area contributed by atoms with Gasteiger partial charge >= 0.3 is 0 Å². The van der Waals surface area contributed by atoms with E-state index in [0.29, 0.717) is 24.3 Å². The van der Waals surface area contributed by atoms with Crippen LogP contribution in [-0.4, -0.2) is 24.5 Å². The molecule has 0 atom stereocenters. The predicted molar refractivity (Wildman–Crippen MR) is 95.0 cm³/mol. The van der Waals surface area contributed by atoms with E-state index in [4.69, 9.17) is 4.42 Å². The number of nitrogens with one attached hydrogen (secondary N) is 2. The maximum atomic E-state index is 11.9. The molecular formula is C19H21N3O2. The third-order valence-corrected chi connectivity index (χ3v) is 3.75. The first kappa shape index (κ1) is 16.2. The molecule has 0 aliphatic heterocycles. The van der Waals surface area contributed by atoms with E-state index in [1.807, 2.05) is 55.6 Å². The molecule has 0 fully saturated rings. The van der Waals surface area contributed by atoms with Crippen molar-refractivity contribution in [3.05, 3.63) is 60.0 Å². The van der Waals surface area contributed by atoms with Gasteiger partial charge in [0.25, 0.3) is 0 Å². The van der Waals surface area contributed by atoms with Crippen LogP contribution in [0.1, 0.15) is 24.3 Å². The Bertz CT molecular complexity index is 812. The lowest BCUT2D eigenvalue weighted by molar-refractivity contribution is -0.116. The average Bonchev–Trinajstić information content (AvgIpc) is 2.97. The Balaban J connectivity index is 1.68. The van der Waals surface area contributed by atoms with Gasteiger partial charge in [-0.15, -0.1) is 0 Å². The summed E-state index contributed by atoms with van der Waals surface area (Å²) in [6, 6.07) is 15.6. The SMILES string of the molecule is CNCCCC(=O)Nc1ccc2nc(Cc3ccccc3)oc2c1. The Morgan fingerprint density at radius 2 is 2.00 bits per heavy atom. The highest BCUT2D eigenvalue weighted by molar-refractivity contribution is 5.92. The van der Waals surface area contributed by atoms with Gasteiger partial charge in [0.2, 0.25) is 5.91 Å². The van der Waals surface area contributed by atoms with E-state index in [1.165, 1.54) is 0 Å². The van der Waals surface area contributed by atoms with E-state index >= 15 is 0 Å². The van der Waals surface area contributed by atoms with Crippen molar-refractivity contribution >= 4 is 22.7 Å². The lowest BCUT2D eigenvalue weighted by Gasteiger charge is -2.04. The fraction of sp³-hybridized carbons (Fsp3) is 0.263. The molecule has 3 aromatic rings. The van der Waals surface area contributed by atoms with Gasteiger partial charge in [0.15, 0.2) is 11.5 Å². The van der Waals surface area contributed by atoms with Crippen molar-refractivity contribution in [3.63, 3.8) is 0 Å². The number of anilines is 1. The summed E-state index contributed by atoms with van der Waals surface area (Å²) >= 11 is 0. The van der Waals surface area contributed by atoms with E-state index in [9.17, 15) is 4.79 Å².